The van der Waals surface area contributed by atoms with Gasteiger partial charge >= 0.3 is 12.0 Å². The molecule has 4 aromatic rings. The number of terminal acetylenes is 1. The number of nitrogens with one attached hydrogen (secondary N) is 1. The van der Waals surface area contributed by atoms with Gasteiger partial charge in [0.1, 0.15) is 35.2 Å². The van der Waals surface area contributed by atoms with Crippen LogP contribution in [0.1, 0.15) is 96.0 Å². The minimum atomic E-state index is -1.66. The zero-order valence-electron chi connectivity index (χ0n) is 32.3. The van der Waals surface area contributed by atoms with Crippen LogP contribution in [-0.2, 0) is 4.79 Å². The lowest BCUT2D eigenvalue weighted by Crippen LogP contribution is -2.51. The number of piperazine rings is 1. The SMILES string of the molecule is C#Cc1c(F)ccc2cc(OC(=O)CCCCCCCCC)cc(-c3ncc4c(N5CC6CCC(C5)N6)nc(OC[C@]56CCCN5CC(=C(F)F)C6)nc4c3F)c12. The van der Waals surface area contributed by atoms with Gasteiger partial charge in [0.05, 0.1) is 16.5 Å². The first-order valence-corrected chi connectivity index (χ1v) is 20.4. The number of ether oxygens (including phenoxy) is 2. The van der Waals surface area contributed by atoms with E-state index in [1.54, 1.807) is 6.07 Å². The Morgan fingerprint density at radius 2 is 1.82 bits per heavy atom. The molecule has 57 heavy (non-hydrogen) atoms. The van der Waals surface area contributed by atoms with E-state index in [9.17, 15) is 13.6 Å². The van der Waals surface area contributed by atoms with Crippen LogP contribution in [0.15, 0.2) is 42.1 Å². The molecule has 300 valence electrons. The summed E-state index contributed by atoms with van der Waals surface area (Å²) in [5.41, 5.74) is -0.698. The number of benzene rings is 2. The Morgan fingerprint density at radius 3 is 2.58 bits per heavy atom. The molecule has 0 aliphatic carbocycles. The van der Waals surface area contributed by atoms with Crippen LogP contribution in [-0.4, -0.2) is 76.2 Å². The van der Waals surface area contributed by atoms with Gasteiger partial charge in [0.15, 0.2) is 5.82 Å². The number of anilines is 1. The molecule has 0 amide bonds. The number of hydrogen-bond donors (Lipinski definition) is 1. The van der Waals surface area contributed by atoms with Crippen molar-refractivity contribution >= 4 is 33.5 Å². The van der Waals surface area contributed by atoms with E-state index in [-0.39, 0.29) is 83.1 Å². The van der Waals surface area contributed by atoms with Crippen molar-refractivity contribution < 1.29 is 31.8 Å². The highest BCUT2D eigenvalue weighted by molar-refractivity contribution is 6.03. The summed E-state index contributed by atoms with van der Waals surface area (Å²) in [6.07, 6.45) is 16.9. The molecule has 9 nitrogen and oxygen atoms in total. The molecule has 2 aromatic carbocycles. The zero-order chi connectivity index (χ0) is 39.7. The quantitative estimate of drug-likeness (QED) is 0.0443. The Bertz CT molecular complexity index is 2250. The fraction of sp³-hybridized carbons (Fsp3) is 0.500. The number of fused-ring (bicyclic) bond motifs is 5. The van der Waals surface area contributed by atoms with E-state index in [1.807, 2.05) is 4.90 Å². The van der Waals surface area contributed by atoms with Gasteiger partial charge in [-0.15, -0.1) is 6.42 Å². The third-order valence-electron chi connectivity index (χ3n) is 12.2. The number of pyridine rings is 1. The molecule has 4 aliphatic rings. The number of halogens is 4. The van der Waals surface area contributed by atoms with Crippen LogP contribution in [0, 0.1) is 24.0 Å². The van der Waals surface area contributed by atoms with E-state index in [1.165, 1.54) is 43.7 Å². The predicted molar refractivity (Wildman–Crippen MR) is 211 cm³/mol. The molecular formula is C44H48F4N6O3. The van der Waals surface area contributed by atoms with Gasteiger partial charge in [-0.25, -0.2) is 8.78 Å². The Balaban J connectivity index is 1.17. The first-order valence-electron chi connectivity index (χ1n) is 20.4. The van der Waals surface area contributed by atoms with E-state index >= 15 is 8.78 Å². The van der Waals surface area contributed by atoms with Gasteiger partial charge in [-0.3, -0.25) is 14.7 Å². The summed E-state index contributed by atoms with van der Waals surface area (Å²) in [5.74, 6) is 1.13. The molecule has 2 aromatic heterocycles. The summed E-state index contributed by atoms with van der Waals surface area (Å²) in [6.45, 7) is 4.36. The maximum Gasteiger partial charge on any atom is 0.319 e. The minimum Gasteiger partial charge on any atom is -0.461 e. The molecule has 0 spiro atoms. The number of nitrogens with zero attached hydrogens (tertiary/aromatic N) is 5. The number of hydrogen-bond acceptors (Lipinski definition) is 9. The summed E-state index contributed by atoms with van der Waals surface area (Å²) in [5, 5.41) is 4.66. The topological polar surface area (TPSA) is 92.7 Å². The molecule has 6 heterocycles. The van der Waals surface area contributed by atoms with Crippen LogP contribution in [0.5, 0.6) is 11.8 Å². The van der Waals surface area contributed by atoms with Gasteiger partial charge in [-0.1, -0.05) is 57.4 Å². The normalized spacial score (nSPS) is 21.7. The van der Waals surface area contributed by atoms with Gasteiger partial charge in [0.2, 0.25) is 0 Å². The number of esters is 1. The maximum absolute atomic E-state index is 17.3. The van der Waals surface area contributed by atoms with Gasteiger partial charge in [-0.2, -0.15) is 18.7 Å². The summed E-state index contributed by atoms with van der Waals surface area (Å²) in [7, 11) is 0. The van der Waals surface area contributed by atoms with Crippen LogP contribution in [0.4, 0.5) is 23.4 Å². The molecule has 2 unspecified atom stereocenters. The predicted octanol–water partition coefficient (Wildman–Crippen LogP) is 8.86. The standard InChI is InChI=1S/C44H48F4N6O3/c1-3-5-6-7-8-9-10-12-36(55)57-31-19-27-13-16-35(45)32(4-2)37(27)33(20-31)39-38(46)40-34(22-49-39)42(53-24-29-14-15-30(25-53)50-29)52-43(51-40)56-26-44-17-11-18-54(44)23-28(21-44)41(47)48/h2,13,16,19-20,22,29-30,50H,3,5-12,14-15,17-18,21,23-26H2,1H3/t29?,30?,44-/m1/s1. The summed E-state index contributed by atoms with van der Waals surface area (Å²) >= 11 is 0. The van der Waals surface area contributed by atoms with Crippen molar-refractivity contribution in [2.24, 2.45) is 0 Å². The lowest BCUT2D eigenvalue weighted by atomic mass is 9.94. The second kappa shape index (κ2) is 16.6. The number of carbonyl (C=O) groups is 1. The number of rotatable bonds is 14. The molecule has 1 N–H and O–H groups in total. The first kappa shape index (κ1) is 39.0. The highest BCUT2D eigenvalue weighted by atomic mass is 19.3. The van der Waals surface area contributed by atoms with Crippen LogP contribution >= 0.6 is 0 Å². The summed E-state index contributed by atoms with van der Waals surface area (Å²) < 4.78 is 72.2. The molecule has 4 aliphatic heterocycles. The van der Waals surface area contributed by atoms with Crippen molar-refractivity contribution in [2.75, 3.05) is 37.7 Å². The molecule has 2 bridgehead atoms. The Labute approximate surface area is 330 Å². The maximum atomic E-state index is 17.3. The monoisotopic (exact) mass is 784 g/mol. The van der Waals surface area contributed by atoms with Crippen molar-refractivity contribution in [1.82, 2.24) is 25.2 Å². The second-order valence-electron chi connectivity index (χ2n) is 16.1. The zero-order valence-corrected chi connectivity index (χ0v) is 32.3. The van der Waals surface area contributed by atoms with Gasteiger partial charge in [-0.05, 0) is 68.7 Å². The first-order chi connectivity index (χ1) is 27.7. The van der Waals surface area contributed by atoms with Crippen molar-refractivity contribution in [2.45, 2.75) is 108 Å². The van der Waals surface area contributed by atoms with E-state index in [4.69, 9.17) is 20.9 Å². The average Bonchev–Trinajstić information content (AvgIpc) is 3.88. The average molecular weight is 785 g/mol. The fourth-order valence-corrected chi connectivity index (χ4v) is 9.36. The Kier molecular flexibility index (Phi) is 11.4. The van der Waals surface area contributed by atoms with Crippen LogP contribution in [0.25, 0.3) is 32.9 Å². The minimum absolute atomic E-state index is 0.0583. The highest BCUT2D eigenvalue weighted by Gasteiger charge is 2.48. The van der Waals surface area contributed by atoms with Crippen molar-refractivity contribution in [1.29, 1.82) is 0 Å². The molecule has 4 fully saturated rings. The Hall–Kier alpha value is -4.80. The Morgan fingerprint density at radius 1 is 1.05 bits per heavy atom. The third-order valence-corrected chi connectivity index (χ3v) is 12.2. The number of unbranched alkanes of at least 4 members (excludes halogenated alkanes) is 6. The molecule has 3 atom stereocenters. The lowest BCUT2D eigenvalue weighted by molar-refractivity contribution is -0.134. The molecule has 13 heteroatoms. The molecule has 0 saturated carbocycles. The fourth-order valence-electron chi connectivity index (χ4n) is 9.36. The molecule has 4 saturated heterocycles. The van der Waals surface area contributed by atoms with E-state index in [2.05, 4.69) is 33.0 Å². The van der Waals surface area contributed by atoms with Crippen molar-refractivity contribution in [3.8, 4) is 35.4 Å². The third kappa shape index (κ3) is 7.91. The van der Waals surface area contributed by atoms with Crippen molar-refractivity contribution in [3.05, 3.63) is 59.3 Å². The summed E-state index contributed by atoms with van der Waals surface area (Å²) in [6, 6.07) is 6.20. The van der Waals surface area contributed by atoms with Gasteiger partial charge in [0, 0.05) is 60.9 Å². The van der Waals surface area contributed by atoms with E-state index in [0.29, 0.717) is 49.1 Å². The van der Waals surface area contributed by atoms with Crippen molar-refractivity contribution in [3.63, 3.8) is 0 Å². The van der Waals surface area contributed by atoms with E-state index < -0.39 is 29.2 Å². The molecule has 0 radical (unpaired) electrons. The number of carbonyl (C=O) groups excluding carboxylic acids is 1. The van der Waals surface area contributed by atoms with Crippen LogP contribution in [0.3, 0.4) is 0 Å². The lowest BCUT2D eigenvalue weighted by Gasteiger charge is -2.34. The molecule has 8 rings (SSSR count). The summed E-state index contributed by atoms with van der Waals surface area (Å²) in [4.78, 5) is 31.2. The van der Waals surface area contributed by atoms with Gasteiger partial charge < -0.3 is 19.7 Å². The van der Waals surface area contributed by atoms with Crippen LogP contribution < -0.4 is 19.7 Å². The van der Waals surface area contributed by atoms with Gasteiger partial charge in [0.25, 0.3) is 6.08 Å². The number of aromatic nitrogens is 3. The largest absolute Gasteiger partial charge is 0.461 e. The molecular weight excluding hydrogens is 737 g/mol. The second-order valence-corrected chi connectivity index (χ2v) is 16.1. The van der Waals surface area contributed by atoms with E-state index in [0.717, 1.165) is 38.5 Å². The highest BCUT2D eigenvalue weighted by Crippen LogP contribution is 2.44. The smallest absolute Gasteiger partial charge is 0.319 e. The van der Waals surface area contributed by atoms with Crippen LogP contribution in [0.2, 0.25) is 0 Å².